The van der Waals surface area contributed by atoms with Gasteiger partial charge in [-0.25, -0.2) is 13.2 Å². The summed E-state index contributed by atoms with van der Waals surface area (Å²) >= 11 is 1.22. The second kappa shape index (κ2) is 7.26. The highest BCUT2D eigenvalue weighted by Crippen LogP contribution is 2.42. The molecule has 1 aromatic heterocycles. The Morgan fingerprint density at radius 1 is 1.17 bits per heavy atom. The van der Waals surface area contributed by atoms with Crippen LogP contribution in [0, 0.1) is 0 Å². The second-order valence-electron chi connectivity index (χ2n) is 6.54. The lowest BCUT2D eigenvalue weighted by atomic mass is 10.2. The first kappa shape index (κ1) is 18.8. The molecule has 0 atom stereocenters. The van der Waals surface area contributed by atoms with Crippen molar-refractivity contribution in [2.24, 2.45) is 4.40 Å². The molecule has 0 unspecified atom stereocenters. The number of esters is 1. The number of aromatic nitrogens is 2. The molecule has 9 nitrogen and oxygen atoms in total. The second-order valence-corrected chi connectivity index (χ2v) is 9.30. The molecule has 3 aromatic rings. The average molecular weight is 442 g/mol. The summed E-state index contributed by atoms with van der Waals surface area (Å²) in [7, 11) is -3.43. The third-order valence-electron chi connectivity index (χ3n) is 4.52. The van der Waals surface area contributed by atoms with Gasteiger partial charge in [-0.2, -0.15) is 0 Å². The van der Waals surface area contributed by atoms with Crippen LogP contribution in [0.4, 0.5) is 5.69 Å². The van der Waals surface area contributed by atoms with Gasteiger partial charge in [-0.15, -0.1) is 14.6 Å². The number of thioether (sulfide) groups is 1. The van der Waals surface area contributed by atoms with E-state index in [9.17, 15) is 13.2 Å². The van der Waals surface area contributed by atoms with Gasteiger partial charge in [0.25, 0.3) is 15.9 Å². The molecule has 2 aliphatic rings. The molecular weight excluding hydrogens is 428 g/mol. The topological polar surface area (TPSA) is 115 Å². The number of amidine groups is 1. The zero-order chi connectivity index (χ0) is 20.7. The Morgan fingerprint density at radius 3 is 2.83 bits per heavy atom. The van der Waals surface area contributed by atoms with E-state index in [4.69, 9.17) is 9.15 Å². The van der Waals surface area contributed by atoms with E-state index in [0.717, 1.165) is 16.1 Å². The average Bonchev–Trinajstić information content (AvgIpc) is 3.35. The van der Waals surface area contributed by atoms with E-state index in [1.54, 1.807) is 18.2 Å². The van der Waals surface area contributed by atoms with Crippen molar-refractivity contribution in [3.05, 3.63) is 60.0 Å². The minimum Gasteiger partial charge on any atom is -0.452 e. The minimum absolute atomic E-state index is 0.0323. The van der Waals surface area contributed by atoms with Crippen LogP contribution in [-0.2, 0) is 21.4 Å². The predicted molar refractivity (Wildman–Crippen MR) is 110 cm³/mol. The number of rotatable bonds is 4. The summed E-state index contributed by atoms with van der Waals surface area (Å²) in [6, 6.07) is 14.4. The van der Waals surface area contributed by atoms with Gasteiger partial charge in [-0.05, 0) is 42.1 Å². The highest BCUT2D eigenvalue weighted by Gasteiger charge is 2.33. The van der Waals surface area contributed by atoms with E-state index in [0.29, 0.717) is 23.2 Å². The van der Waals surface area contributed by atoms with Crippen LogP contribution >= 0.6 is 11.8 Å². The monoisotopic (exact) mass is 442 g/mol. The van der Waals surface area contributed by atoms with E-state index < -0.39 is 16.0 Å². The predicted octanol–water partition coefficient (Wildman–Crippen LogP) is 2.71. The van der Waals surface area contributed by atoms with Gasteiger partial charge in [0.05, 0.1) is 17.0 Å². The van der Waals surface area contributed by atoms with E-state index in [1.165, 1.54) is 11.8 Å². The highest BCUT2D eigenvalue weighted by atomic mass is 32.2. The SMILES string of the molecule is O=C(OCc1nnc(-c2ccccc2)o1)c1ccc2c(c1)SC1=NS(=O)(=O)CCN12. The van der Waals surface area contributed by atoms with Gasteiger partial charge in [-0.1, -0.05) is 18.2 Å². The normalized spacial score (nSPS) is 16.5. The zero-order valence-electron chi connectivity index (χ0n) is 15.4. The number of sulfonamides is 1. The number of hydrogen-bond donors (Lipinski definition) is 0. The molecule has 2 aromatic carbocycles. The van der Waals surface area contributed by atoms with Gasteiger partial charge in [0, 0.05) is 17.0 Å². The molecule has 0 radical (unpaired) electrons. The molecule has 0 bridgehead atoms. The van der Waals surface area contributed by atoms with Crippen LogP contribution in [0.5, 0.6) is 0 Å². The van der Waals surface area contributed by atoms with Gasteiger partial charge in [-0.3, -0.25) is 0 Å². The molecule has 3 heterocycles. The third kappa shape index (κ3) is 3.57. The lowest BCUT2D eigenvalue weighted by Crippen LogP contribution is -2.35. The lowest BCUT2D eigenvalue weighted by Gasteiger charge is -2.22. The Hall–Kier alpha value is -3.18. The van der Waals surface area contributed by atoms with Crippen LogP contribution < -0.4 is 4.90 Å². The molecule has 0 spiro atoms. The maximum Gasteiger partial charge on any atom is 0.338 e. The molecule has 0 N–H and O–H groups in total. The summed E-state index contributed by atoms with van der Waals surface area (Å²) in [5, 5.41) is 8.26. The van der Waals surface area contributed by atoms with Gasteiger partial charge in [0.2, 0.25) is 5.89 Å². The van der Waals surface area contributed by atoms with Crippen LogP contribution in [0.25, 0.3) is 11.5 Å². The molecule has 30 heavy (non-hydrogen) atoms. The smallest absolute Gasteiger partial charge is 0.338 e. The first-order chi connectivity index (χ1) is 14.5. The van der Waals surface area contributed by atoms with Crippen LogP contribution in [-0.4, -0.2) is 42.0 Å². The number of ether oxygens (including phenoxy) is 1. The molecular formula is C19H14N4O5S2. The molecule has 5 rings (SSSR count). The van der Waals surface area contributed by atoms with E-state index in [-0.39, 0.29) is 18.3 Å². The van der Waals surface area contributed by atoms with E-state index in [1.807, 2.05) is 35.2 Å². The van der Waals surface area contributed by atoms with E-state index in [2.05, 4.69) is 14.6 Å². The van der Waals surface area contributed by atoms with Crippen molar-refractivity contribution in [1.29, 1.82) is 0 Å². The Balaban J connectivity index is 1.28. The van der Waals surface area contributed by atoms with Gasteiger partial charge >= 0.3 is 5.97 Å². The fourth-order valence-electron chi connectivity index (χ4n) is 3.08. The van der Waals surface area contributed by atoms with Crippen molar-refractivity contribution in [2.75, 3.05) is 17.2 Å². The van der Waals surface area contributed by atoms with Crippen molar-refractivity contribution in [1.82, 2.24) is 10.2 Å². The molecule has 2 aliphatic heterocycles. The maximum atomic E-state index is 12.5. The van der Waals surface area contributed by atoms with Gasteiger partial charge in [0.15, 0.2) is 11.8 Å². The molecule has 0 aliphatic carbocycles. The number of fused-ring (bicyclic) bond motifs is 3. The standard InChI is InChI=1S/C19H14N4O5S2/c24-18(27-11-16-20-21-17(28-16)12-4-2-1-3-5-12)13-6-7-14-15(10-13)29-19-22-30(25,26)9-8-23(14)19/h1-7,10H,8-9,11H2. The van der Waals surface area contributed by atoms with Gasteiger partial charge < -0.3 is 14.1 Å². The minimum atomic E-state index is -3.43. The molecule has 0 fully saturated rings. The highest BCUT2D eigenvalue weighted by molar-refractivity contribution is 8.15. The summed E-state index contributed by atoms with van der Waals surface area (Å²) in [4.78, 5) is 15.0. The number of carbonyl (C=O) groups excluding carboxylic acids is 1. The number of carbonyl (C=O) groups is 1. The summed E-state index contributed by atoms with van der Waals surface area (Å²) in [6.07, 6.45) is 0. The van der Waals surface area contributed by atoms with Crippen molar-refractivity contribution < 1.29 is 22.4 Å². The molecule has 0 saturated carbocycles. The third-order valence-corrected chi connectivity index (χ3v) is 6.83. The lowest BCUT2D eigenvalue weighted by molar-refractivity contribution is 0.0438. The fourth-order valence-corrected chi connectivity index (χ4v) is 5.37. The Labute approximate surface area is 175 Å². The Bertz CT molecular complexity index is 1270. The van der Waals surface area contributed by atoms with Crippen molar-refractivity contribution in [3.63, 3.8) is 0 Å². The number of hydrogen-bond acceptors (Lipinski definition) is 9. The number of nitrogens with zero attached hydrogens (tertiary/aromatic N) is 4. The van der Waals surface area contributed by atoms with Crippen molar-refractivity contribution in [2.45, 2.75) is 11.5 Å². The number of anilines is 1. The fraction of sp³-hybridized carbons (Fsp3) is 0.158. The largest absolute Gasteiger partial charge is 0.452 e. The Kier molecular flexibility index (Phi) is 4.55. The Morgan fingerprint density at radius 2 is 2.00 bits per heavy atom. The molecule has 0 amide bonds. The molecule has 152 valence electrons. The summed E-state index contributed by atoms with van der Waals surface area (Å²) < 4.78 is 38.0. The van der Waals surface area contributed by atoms with Crippen LogP contribution in [0.2, 0.25) is 0 Å². The summed E-state index contributed by atoms with van der Waals surface area (Å²) in [5.74, 6) is -0.0372. The maximum absolute atomic E-state index is 12.5. The van der Waals surface area contributed by atoms with Crippen LogP contribution in [0.3, 0.4) is 0 Å². The first-order valence-corrected chi connectivity index (χ1v) is 11.4. The summed E-state index contributed by atoms with van der Waals surface area (Å²) in [5.41, 5.74) is 1.95. The first-order valence-electron chi connectivity index (χ1n) is 8.95. The molecule has 0 saturated heterocycles. The van der Waals surface area contributed by atoms with Crippen LogP contribution in [0.1, 0.15) is 16.2 Å². The number of benzene rings is 2. The van der Waals surface area contributed by atoms with Crippen molar-refractivity contribution in [3.8, 4) is 11.5 Å². The molecule has 11 heteroatoms. The zero-order valence-corrected chi connectivity index (χ0v) is 17.0. The van der Waals surface area contributed by atoms with Crippen LogP contribution in [0.15, 0.2) is 62.2 Å². The quantitative estimate of drug-likeness (QED) is 0.562. The van der Waals surface area contributed by atoms with E-state index >= 15 is 0 Å². The summed E-state index contributed by atoms with van der Waals surface area (Å²) in [6.45, 7) is 0.186. The van der Waals surface area contributed by atoms with Gasteiger partial charge in [0.1, 0.15) is 0 Å². The van der Waals surface area contributed by atoms with Crippen molar-refractivity contribution >= 4 is 38.6 Å².